The van der Waals surface area contributed by atoms with E-state index in [2.05, 4.69) is 38.2 Å². The summed E-state index contributed by atoms with van der Waals surface area (Å²) in [6.07, 6.45) is 77.1. The zero-order valence-corrected chi connectivity index (χ0v) is 55.0. The third kappa shape index (κ3) is 65.6. The minimum Gasteiger partial charge on any atom is -0.756 e. The highest BCUT2D eigenvalue weighted by Gasteiger charge is 2.22. The Morgan fingerprint density at radius 2 is 0.637 bits per heavy atom. The van der Waals surface area contributed by atoms with Crippen LogP contribution in [0.5, 0.6) is 0 Å². The summed E-state index contributed by atoms with van der Waals surface area (Å²) >= 11 is 0. The number of unbranched alkanes of at least 4 members (excludes halogenated alkanes) is 48. The first-order valence-corrected chi connectivity index (χ1v) is 36.5. The number of nitrogens with zero attached hydrogens (tertiary/aromatic N) is 1. The third-order valence-corrected chi connectivity index (χ3v) is 16.9. The van der Waals surface area contributed by atoms with Crippen LogP contribution in [0, 0.1) is 0 Å². The van der Waals surface area contributed by atoms with Crippen LogP contribution in [0.25, 0.3) is 0 Å². The lowest BCUT2D eigenvalue weighted by molar-refractivity contribution is -0.870. The Morgan fingerprint density at radius 3 is 0.925 bits per heavy atom. The summed E-state index contributed by atoms with van der Waals surface area (Å²) in [4.78, 5) is 37.9. The number of ether oxygens (including phenoxy) is 2. The lowest BCUT2D eigenvalue weighted by atomic mass is 10.0. The zero-order valence-electron chi connectivity index (χ0n) is 54.1. The van der Waals surface area contributed by atoms with Crippen molar-refractivity contribution in [2.75, 3.05) is 47.5 Å². The molecule has 0 aliphatic carbocycles. The Balaban J connectivity index is 3.88. The van der Waals surface area contributed by atoms with E-state index in [4.69, 9.17) is 18.5 Å². The van der Waals surface area contributed by atoms with Gasteiger partial charge in [-0.2, -0.15) is 0 Å². The average Bonchev–Trinajstić information content (AvgIpc) is 3.42. The number of esters is 2. The maximum Gasteiger partial charge on any atom is 0.306 e. The van der Waals surface area contributed by atoms with E-state index < -0.39 is 26.5 Å². The number of quaternary nitrogens is 1. The second-order valence-electron chi connectivity index (χ2n) is 25.2. The summed E-state index contributed by atoms with van der Waals surface area (Å²) in [6.45, 7) is 4.29. The molecule has 474 valence electrons. The van der Waals surface area contributed by atoms with Crippen LogP contribution >= 0.6 is 7.82 Å². The quantitative estimate of drug-likeness (QED) is 0.0195. The highest BCUT2D eigenvalue weighted by Crippen LogP contribution is 2.38. The Kier molecular flexibility index (Phi) is 60.9. The summed E-state index contributed by atoms with van der Waals surface area (Å²) in [5.41, 5.74) is 0. The molecule has 0 N–H and O–H groups in total. The average molecular weight is 1150 g/mol. The Morgan fingerprint density at radius 1 is 0.375 bits per heavy atom. The molecule has 2 unspecified atom stereocenters. The molecule has 0 spiro atoms. The van der Waals surface area contributed by atoms with Crippen LogP contribution in [0.2, 0.25) is 0 Å². The van der Waals surface area contributed by atoms with Gasteiger partial charge >= 0.3 is 11.9 Å². The van der Waals surface area contributed by atoms with Gasteiger partial charge < -0.3 is 27.9 Å². The van der Waals surface area contributed by atoms with Crippen molar-refractivity contribution in [3.8, 4) is 0 Å². The summed E-state index contributed by atoms with van der Waals surface area (Å²) in [6, 6.07) is 0. The molecule has 0 aliphatic heterocycles. The van der Waals surface area contributed by atoms with Crippen LogP contribution in [0.4, 0.5) is 0 Å². The maximum atomic E-state index is 12.8. The van der Waals surface area contributed by atoms with Gasteiger partial charge in [0.05, 0.1) is 27.7 Å². The SMILES string of the molecule is CCCCCCCC/C=C\CCCCCCCCCC(=O)OCC(COP(=O)([O-])OCC[N+](C)(C)C)OC(=O)CCCCCCCCCCCCCCCCCCCCCCCCCCCCC/C=C\CCCCCCCCCC. The van der Waals surface area contributed by atoms with Crippen LogP contribution < -0.4 is 4.89 Å². The number of carbonyl (C=O) groups excluding carboxylic acids is 2. The van der Waals surface area contributed by atoms with Crippen molar-refractivity contribution in [3.63, 3.8) is 0 Å². The Hall–Kier alpha value is -1.51. The molecule has 0 aliphatic rings. The van der Waals surface area contributed by atoms with Gasteiger partial charge in [0.25, 0.3) is 7.82 Å². The summed E-state index contributed by atoms with van der Waals surface area (Å²) in [5.74, 6) is -0.819. The fourth-order valence-electron chi connectivity index (χ4n) is 10.5. The summed E-state index contributed by atoms with van der Waals surface area (Å²) in [5, 5.41) is 0. The molecule has 0 heterocycles. The van der Waals surface area contributed by atoms with Crippen molar-refractivity contribution >= 4 is 19.8 Å². The number of phosphoric ester groups is 1. The molecule has 80 heavy (non-hydrogen) atoms. The second-order valence-corrected chi connectivity index (χ2v) is 26.7. The van der Waals surface area contributed by atoms with E-state index in [0.717, 1.165) is 38.5 Å². The van der Waals surface area contributed by atoms with E-state index in [-0.39, 0.29) is 32.0 Å². The van der Waals surface area contributed by atoms with Crippen molar-refractivity contribution in [2.24, 2.45) is 0 Å². The molecule has 0 radical (unpaired) electrons. The molecule has 0 aromatic carbocycles. The number of phosphoric acid groups is 1. The van der Waals surface area contributed by atoms with Crippen molar-refractivity contribution in [2.45, 2.75) is 367 Å². The first kappa shape index (κ1) is 78.5. The van der Waals surface area contributed by atoms with Crippen LogP contribution in [0.15, 0.2) is 24.3 Å². The van der Waals surface area contributed by atoms with Crippen LogP contribution in [0.3, 0.4) is 0 Å². The van der Waals surface area contributed by atoms with Crippen molar-refractivity contribution in [1.82, 2.24) is 0 Å². The van der Waals surface area contributed by atoms with E-state index >= 15 is 0 Å². The highest BCUT2D eigenvalue weighted by molar-refractivity contribution is 7.45. The van der Waals surface area contributed by atoms with Crippen LogP contribution in [0.1, 0.15) is 361 Å². The van der Waals surface area contributed by atoms with Gasteiger partial charge in [-0.1, -0.05) is 308 Å². The molecule has 0 saturated carbocycles. The lowest BCUT2D eigenvalue weighted by Crippen LogP contribution is -2.37. The topological polar surface area (TPSA) is 111 Å². The van der Waals surface area contributed by atoms with Gasteiger partial charge in [0, 0.05) is 12.8 Å². The van der Waals surface area contributed by atoms with Crippen LogP contribution in [-0.2, 0) is 32.7 Å². The molecule has 0 rings (SSSR count). The van der Waals surface area contributed by atoms with Gasteiger partial charge in [0.2, 0.25) is 0 Å². The molecule has 0 aromatic heterocycles. The standard InChI is InChI=1S/C70H136NO8P/c1-6-8-10-12-14-16-18-20-22-24-25-26-27-28-29-30-31-32-33-34-35-36-37-38-39-40-41-42-43-44-45-47-49-51-53-55-57-59-61-63-70(73)79-68(67-78-80(74,75)77-65-64-71(3,4)5)66-76-69(72)62-60-58-56-54-52-50-48-46-23-21-19-17-15-13-11-9-7-2/h21,23-25,68H,6-20,22,26-67H2,1-5H3/b23-21-,25-24-. The van der Waals surface area contributed by atoms with E-state index in [1.165, 1.54) is 289 Å². The smallest absolute Gasteiger partial charge is 0.306 e. The predicted octanol–water partition coefficient (Wildman–Crippen LogP) is 21.9. The Labute approximate surface area is 498 Å². The van der Waals surface area contributed by atoms with Gasteiger partial charge in [-0.3, -0.25) is 14.2 Å². The van der Waals surface area contributed by atoms with E-state index in [0.29, 0.717) is 17.4 Å². The molecular weight excluding hydrogens is 1010 g/mol. The summed E-state index contributed by atoms with van der Waals surface area (Å²) in [7, 11) is 1.18. The molecule has 0 aromatic rings. The van der Waals surface area contributed by atoms with E-state index in [1.807, 2.05) is 21.1 Å². The molecule has 0 fully saturated rings. The highest BCUT2D eigenvalue weighted by atomic mass is 31.2. The second kappa shape index (κ2) is 62.0. The Bertz CT molecular complexity index is 1400. The minimum absolute atomic E-state index is 0.0282. The number of rotatable bonds is 66. The van der Waals surface area contributed by atoms with E-state index in [1.54, 1.807) is 0 Å². The van der Waals surface area contributed by atoms with Crippen molar-refractivity contribution in [1.29, 1.82) is 0 Å². The minimum atomic E-state index is -4.64. The first-order chi connectivity index (χ1) is 39.0. The van der Waals surface area contributed by atoms with Gasteiger partial charge in [-0.15, -0.1) is 0 Å². The lowest BCUT2D eigenvalue weighted by Gasteiger charge is -2.28. The predicted molar refractivity (Wildman–Crippen MR) is 342 cm³/mol. The van der Waals surface area contributed by atoms with Crippen molar-refractivity contribution in [3.05, 3.63) is 24.3 Å². The van der Waals surface area contributed by atoms with Crippen LogP contribution in [-0.4, -0.2) is 70.0 Å². The zero-order chi connectivity index (χ0) is 58.4. The molecule has 9 nitrogen and oxygen atoms in total. The van der Waals surface area contributed by atoms with Gasteiger partial charge in [0.15, 0.2) is 6.10 Å². The van der Waals surface area contributed by atoms with E-state index in [9.17, 15) is 19.0 Å². The molecular formula is C70H136NO8P. The fraction of sp³-hybridized carbons (Fsp3) is 0.914. The fourth-order valence-corrected chi connectivity index (χ4v) is 11.3. The number of likely N-dealkylation sites (N-methyl/N-ethyl adjacent to an activating group) is 1. The monoisotopic (exact) mass is 1150 g/mol. The molecule has 10 heteroatoms. The molecule has 0 bridgehead atoms. The third-order valence-electron chi connectivity index (χ3n) is 15.9. The molecule has 2 atom stereocenters. The van der Waals surface area contributed by atoms with Gasteiger partial charge in [0.1, 0.15) is 19.8 Å². The first-order valence-electron chi connectivity index (χ1n) is 35.0. The number of hydrogen-bond donors (Lipinski definition) is 0. The number of allylic oxidation sites excluding steroid dienone is 4. The number of hydrogen-bond acceptors (Lipinski definition) is 8. The maximum absolute atomic E-state index is 12.8. The van der Waals surface area contributed by atoms with Crippen molar-refractivity contribution < 1.29 is 42.1 Å². The summed E-state index contributed by atoms with van der Waals surface area (Å²) < 4.78 is 34.3. The normalized spacial score (nSPS) is 13.2. The van der Waals surface area contributed by atoms with Gasteiger partial charge in [-0.25, -0.2) is 0 Å². The largest absolute Gasteiger partial charge is 0.756 e. The molecule has 0 saturated heterocycles. The molecule has 0 amide bonds. The van der Waals surface area contributed by atoms with Gasteiger partial charge in [-0.05, 0) is 64.2 Å². The number of carbonyl (C=O) groups is 2.